The van der Waals surface area contributed by atoms with Crippen LogP contribution in [-0.2, 0) is 4.79 Å². The van der Waals surface area contributed by atoms with Gasteiger partial charge in [-0.15, -0.1) is 0 Å². The summed E-state index contributed by atoms with van der Waals surface area (Å²) in [6.45, 7) is 9.36. The van der Waals surface area contributed by atoms with Crippen LogP contribution in [0, 0.1) is 5.41 Å². The monoisotopic (exact) mass is 298 g/mol. The lowest BCUT2D eigenvalue weighted by Crippen LogP contribution is -2.36. The van der Waals surface area contributed by atoms with Gasteiger partial charge in [-0.25, -0.2) is 0 Å². The smallest absolute Gasteiger partial charge is 0.225 e. The number of rotatable bonds is 5. The Hall–Kier alpha value is -1.16. The molecule has 0 saturated heterocycles. The third-order valence-electron chi connectivity index (χ3n) is 1.97. The van der Waals surface area contributed by atoms with Gasteiger partial charge in [0.15, 0.2) is 0 Å². The Morgan fingerprint density at radius 3 is 2.47 bits per heavy atom. The van der Waals surface area contributed by atoms with E-state index in [0.29, 0.717) is 11.0 Å². The molecule has 4 heteroatoms. The number of amidine groups is 1. The Bertz CT molecular complexity index is 370. The second-order valence-electron chi connectivity index (χ2n) is 3.77. The van der Waals surface area contributed by atoms with Gasteiger partial charge in [-0.3, -0.25) is 15.1 Å². The van der Waals surface area contributed by atoms with Crippen molar-refractivity contribution >= 4 is 27.7 Å². The molecular weight excluding hydrogens is 280 g/mol. The number of amides is 1. The first kappa shape index (κ1) is 15.8. The Labute approximate surface area is 112 Å². The number of nitrogens with one attached hydrogen (secondary N) is 1. The van der Waals surface area contributed by atoms with Crippen molar-refractivity contribution in [1.82, 2.24) is 4.90 Å². The minimum absolute atomic E-state index is 0.158. The van der Waals surface area contributed by atoms with Crippen molar-refractivity contribution in [1.29, 1.82) is 5.41 Å². The maximum Gasteiger partial charge on any atom is 0.225 e. The Morgan fingerprint density at radius 2 is 2.06 bits per heavy atom. The average Bonchev–Trinajstić information content (AvgIpc) is 2.24. The van der Waals surface area contributed by atoms with Crippen LogP contribution in [0.3, 0.4) is 0 Å². The molecule has 1 N–H and O–H groups in total. The van der Waals surface area contributed by atoms with Gasteiger partial charge < -0.3 is 0 Å². The second kappa shape index (κ2) is 8.01. The molecule has 0 aromatic rings. The lowest BCUT2D eigenvalue weighted by atomic mass is 10.2. The summed E-state index contributed by atoms with van der Waals surface area (Å²) in [5.74, 6) is 0.0133. The molecule has 3 nitrogen and oxygen atoms in total. The predicted molar refractivity (Wildman–Crippen MR) is 76.4 cm³/mol. The minimum Gasteiger partial charge on any atom is -0.292 e. The topological polar surface area (TPSA) is 44.2 Å². The molecule has 0 unspecified atom stereocenters. The highest BCUT2D eigenvalue weighted by Crippen LogP contribution is 2.13. The summed E-state index contributed by atoms with van der Waals surface area (Å²) in [6, 6.07) is 0. The lowest BCUT2D eigenvalue weighted by molar-refractivity contribution is -0.124. The van der Waals surface area contributed by atoms with Crippen molar-refractivity contribution in [2.75, 3.05) is 6.54 Å². The highest BCUT2D eigenvalue weighted by molar-refractivity contribution is 9.12. The van der Waals surface area contributed by atoms with E-state index in [1.54, 1.807) is 0 Å². The van der Waals surface area contributed by atoms with Gasteiger partial charge in [0.25, 0.3) is 0 Å². The van der Waals surface area contributed by atoms with E-state index in [1.165, 1.54) is 11.8 Å². The number of allylic oxidation sites excluding steroid dienone is 3. The number of nitrogens with zero attached hydrogens (tertiary/aromatic N) is 1. The van der Waals surface area contributed by atoms with Crippen molar-refractivity contribution in [3.8, 4) is 0 Å². The molecule has 0 radical (unpaired) electrons. The first-order chi connectivity index (χ1) is 7.90. The molecule has 17 heavy (non-hydrogen) atoms. The number of halogens is 1. The normalized spacial score (nSPS) is 11.6. The first-order valence-corrected chi connectivity index (χ1v) is 6.17. The van der Waals surface area contributed by atoms with Crippen LogP contribution in [-0.4, -0.2) is 23.2 Å². The Morgan fingerprint density at radius 1 is 1.47 bits per heavy atom. The second-order valence-corrected chi connectivity index (χ2v) is 4.62. The van der Waals surface area contributed by atoms with Gasteiger partial charge in [0.05, 0.1) is 4.48 Å². The predicted octanol–water partition coefficient (Wildman–Crippen LogP) is 3.63. The zero-order valence-corrected chi connectivity index (χ0v) is 12.2. The molecule has 94 valence electrons. The van der Waals surface area contributed by atoms with Crippen molar-refractivity contribution < 1.29 is 4.79 Å². The number of carbonyl (C=O) groups is 1. The van der Waals surface area contributed by atoms with Crippen LogP contribution in [0.15, 0.2) is 34.9 Å². The maximum absolute atomic E-state index is 11.4. The van der Waals surface area contributed by atoms with E-state index in [0.717, 1.165) is 12.0 Å². The highest BCUT2D eigenvalue weighted by atomic mass is 79.9. The van der Waals surface area contributed by atoms with Gasteiger partial charge in [-0.2, -0.15) is 0 Å². The van der Waals surface area contributed by atoms with Crippen LogP contribution < -0.4 is 0 Å². The fourth-order valence-electron chi connectivity index (χ4n) is 1.15. The van der Waals surface area contributed by atoms with Crippen molar-refractivity contribution in [2.24, 2.45) is 0 Å². The summed E-state index contributed by atoms with van der Waals surface area (Å²) < 4.78 is 0.618. The molecule has 0 saturated carbocycles. The van der Waals surface area contributed by atoms with E-state index in [1.807, 2.05) is 32.1 Å². The molecule has 0 spiro atoms. The number of hydrogen-bond donors (Lipinski definition) is 1. The fourth-order valence-corrected chi connectivity index (χ4v) is 1.55. The molecule has 0 aliphatic rings. The quantitative estimate of drug-likeness (QED) is 0.470. The maximum atomic E-state index is 11.4. The Balaban J connectivity index is 4.77. The third kappa shape index (κ3) is 6.22. The molecule has 0 rings (SSSR count). The van der Waals surface area contributed by atoms with E-state index in [2.05, 4.69) is 22.5 Å². The molecule has 0 aliphatic carbocycles. The van der Waals surface area contributed by atoms with E-state index in [-0.39, 0.29) is 11.7 Å². The molecule has 0 atom stereocenters. The lowest BCUT2D eigenvalue weighted by Gasteiger charge is -2.21. The Kier molecular flexibility index (Phi) is 7.46. The molecule has 0 aliphatic heterocycles. The summed E-state index contributed by atoms with van der Waals surface area (Å²) in [4.78, 5) is 12.8. The van der Waals surface area contributed by atoms with Gasteiger partial charge in [0, 0.05) is 13.5 Å². The van der Waals surface area contributed by atoms with Gasteiger partial charge >= 0.3 is 0 Å². The van der Waals surface area contributed by atoms with E-state index < -0.39 is 0 Å². The van der Waals surface area contributed by atoms with Crippen molar-refractivity contribution in [3.05, 3.63) is 34.9 Å². The van der Waals surface area contributed by atoms with Gasteiger partial charge in [0.1, 0.15) is 5.84 Å². The molecular formula is C13H19BrN2O. The van der Waals surface area contributed by atoms with Crippen molar-refractivity contribution in [3.63, 3.8) is 0 Å². The van der Waals surface area contributed by atoms with Gasteiger partial charge in [-0.05, 0) is 36.2 Å². The number of hydrogen-bond acceptors (Lipinski definition) is 2. The largest absolute Gasteiger partial charge is 0.292 e. The summed E-state index contributed by atoms with van der Waals surface area (Å²) in [7, 11) is 0. The van der Waals surface area contributed by atoms with Gasteiger partial charge in [-0.1, -0.05) is 30.4 Å². The van der Waals surface area contributed by atoms with Crippen LogP contribution >= 0.6 is 15.9 Å². The van der Waals surface area contributed by atoms with Crippen LogP contribution in [0.1, 0.15) is 27.2 Å². The van der Waals surface area contributed by atoms with E-state index in [9.17, 15) is 4.79 Å². The summed E-state index contributed by atoms with van der Waals surface area (Å²) in [5, 5.41) is 7.94. The van der Waals surface area contributed by atoms with Gasteiger partial charge in [0.2, 0.25) is 5.91 Å². The summed E-state index contributed by atoms with van der Waals surface area (Å²) >= 11 is 3.31. The average molecular weight is 299 g/mol. The van der Waals surface area contributed by atoms with E-state index >= 15 is 0 Å². The molecule has 0 bridgehead atoms. The third-order valence-corrected chi connectivity index (χ3v) is 2.67. The summed E-state index contributed by atoms with van der Waals surface area (Å²) in [5.41, 5.74) is 0.846. The summed E-state index contributed by atoms with van der Waals surface area (Å²) in [6.07, 6.45) is 6.51. The van der Waals surface area contributed by atoms with Crippen LogP contribution in [0.25, 0.3) is 0 Å². The first-order valence-electron chi connectivity index (χ1n) is 5.38. The zero-order valence-electron chi connectivity index (χ0n) is 10.6. The molecule has 0 aromatic heterocycles. The van der Waals surface area contributed by atoms with Crippen LogP contribution in [0.4, 0.5) is 0 Å². The SMILES string of the molecule is C=C(C)CN(C(=N)/C(Br)=C\C/C=C\C)C(C)=O. The van der Waals surface area contributed by atoms with Crippen LogP contribution in [0.2, 0.25) is 0 Å². The minimum atomic E-state index is -0.158. The fraction of sp³-hybridized carbons (Fsp3) is 0.385. The standard InChI is InChI=1S/C13H19BrN2O/c1-5-6-7-8-12(14)13(15)16(11(4)17)9-10(2)3/h5-6,8,15H,2,7,9H2,1,3-4H3/b6-5-,12-8+,15-13?. The molecule has 0 fully saturated rings. The molecule has 0 heterocycles. The van der Waals surface area contributed by atoms with Crippen molar-refractivity contribution in [2.45, 2.75) is 27.2 Å². The molecule has 0 aromatic carbocycles. The number of carbonyl (C=O) groups excluding carboxylic acids is 1. The highest BCUT2D eigenvalue weighted by Gasteiger charge is 2.16. The molecule has 1 amide bonds. The van der Waals surface area contributed by atoms with Crippen LogP contribution in [0.5, 0.6) is 0 Å². The zero-order chi connectivity index (χ0) is 13.4. The van der Waals surface area contributed by atoms with E-state index in [4.69, 9.17) is 5.41 Å².